The summed E-state index contributed by atoms with van der Waals surface area (Å²) in [5.41, 5.74) is 9.17. The summed E-state index contributed by atoms with van der Waals surface area (Å²) in [7, 11) is 3.77. The maximum Gasteiger partial charge on any atom is 0.251 e. The van der Waals surface area contributed by atoms with Crippen LogP contribution >= 0.6 is 24.8 Å². The molecule has 1 amide bonds. The van der Waals surface area contributed by atoms with Gasteiger partial charge in [0.1, 0.15) is 5.82 Å². The molecule has 0 bridgehead atoms. The lowest BCUT2D eigenvalue weighted by Gasteiger charge is -2.13. The first kappa shape index (κ1) is 23.2. The van der Waals surface area contributed by atoms with E-state index in [4.69, 9.17) is 5.73 Å². The van der Waals surface area contributed by atoms with E-state index in [1.165, 1.54) is 6.07 Å². The van der Waals surface area contributed by atoms with E-state index < -0.39 is 0 Å². The Kier molecular flexibility index (Phi) is 9.49. The Bertz CT molecular complexity index is 723. The summed E-state index contributed by atoms with van der Waals surface area (Å²) in [6, 6.07) is 10.1. The maximum atomic E-state index is 13.8. The van der Waals surface area contributed by atoms with Crippen molar-refractivity contribution in [2.24, 2.45) is 0 Å². The first-order chi connectivity index (χ1) is 10.9. The summed E-state index contributed by atoms with van der Waals surface area (Å²) in [5.74, 6) is -0.422. The summed E-state index contributed by atoms with van der Waals surface area (Å²) in [5, 5.41) is 2.85. The van der Waals surface area contributed by atoms with Gasteiger partial charge in [-0.1, -0.05) is 12.1 Å². The molecule has 0 aromatic heterocycles. The number of benzene rings is 2. The van der Waals surface area contributed by atoms with E-state index >= 15 is 0 Å². The molecule has 4 nitrogen and oxygen atoms in total. The molecule has 0 aliphatic carbocycles. The molecule has 0 aliphatic rings. The molecule has 3 N–H and O–H groups in total. The number of amides is 1. The van der Waals surface area contributed by atoms with Crippen LogP contribution in [0.3, 0.4) is 0 Å². The van der Waals surface area contributed by atoms with Gasteiger partial charge in [-0.3, -0.25) is 4.79 Å². The van der Waals surface area contributed by atoms with Crippen LogP contribution in [-0.2, 0) is 13.1 Å². The number of halogens is 3. The van der Waals surface area contributed by atoms with E-state index in [2.05, 4.69) is 5.32 Å². The van der Waals surface area contributed by atoms with Crippen molar-refractivity contribution >= 4 is 36.4 Å². The molecule has 2 rings (SSSR count). The third-order valence-corrected chi connectivity index (χ3v) is 3.56. The van der Waals surface area contributed by atoms with E-state index in [9.17, 15) is 9.18 Å². The Morgan fingerprint density at radius 3 is 2.48 bits per heavy atom. The molecule has 0 aliphatic heterocycles. The normalized spacial score (nSPS) is 9.96. The Morgan fingerprint density at radius 2 is 1.84 bits per heavy atom. The van der Waals surface area contributed by atoms with Crippen LogP contribution in [0.2, 0.25) is 0 Å². The lowest BCUT2D eigenvalue weighted by atomic mass is 10.1. The Labute approximate surface area is 160 Å². The van der Waals surface area contributed by atoms with Gasteiger partial charge in [0.2, 0.25) is 0 Å². The fourth-order valence-corrected chi connectivity index (χ4v) is 2.36. The topological polar surface area (TPSA) is 58.4 Å². The van der Waals surface area contributed by atoms with Crippen molar-refractivity contribution in [2.45, 2.75) is 20.0 Å². The van der Waals surface area contributed by atoms with Gasteiger partial charge in [0.25, 0.3) is 5.91 Å². The predicted octanol–water partition coefficient (Wildman–Crippen LogP) is 3.55. The molecular formula is C18H24Cl2FN3O. The summed E-state index contributed by atoms with van der Waals surface area (Å²) in [4.78, 5) is 14.2. The molecule has 0 fully saturated rings. The molecule has 25 heavy (non-hydrogen) atoms. The van der Waals surface area contributed by atoms with Crippen LogP contribution in [0.25, 0.3) is 0 Å². The highest BCUT2D eigenvalue weighted by Crippen LogP contribution is 2.14. The average Bonchev–Trinajstić information content (AvgIpc) is 2.49. The van der Waals surface area contributed by atoms with E-state index in [0.29, 0.717) is 29.9 Å². The zero-order valence-corrected chi connectivity index (χ0v) is 16.1. The SMILES string of the molecule is Cc1ccc(N)cc1C(=O)NCc1ccc(F)c(CN(C)C)c1.Cl.Cl. The number of nitrogens with one attached hydrogen (secondary N) is 1. The van der Waals surface area contributed by atoms with Gasteiger partial charge in [-0.2, -0.15) is 0 Å². The Hall–Kier alpha value is -1.82. The quantitative estimate of drug-likeness (QED) is 0.771. The zero-order chi connectivity index (χ0) is 17.0. The van der Waals surface area contributed by atoms with E-state index in [0.717, 1.165) is 11.1 Å². The highest BCUT2D eigenvalue weighted by atomic mass is 35.5. The number of nitrogens with two attached hydrogens (primary N) is 1. The molecule has 0 radical (unpaired) electrons. The van der Waals surface area contributed by atoms with Gasteiger partial charge in [0.15, 0.2) is 0 Å². The Balaban J connectivity index is 0.00000288. The summed E-state index contributed by atoms with van der Waals surface area (Å²) >= 11 is 0. The minimum absolute atomic E-state index is 0. The Morgan fingerprint density at radius 1 is 1.16 bits per heavy atom. The van der Waals surface area contributed by atoms with Gasteiger partial charge in [0, 0.05) is 29.9 Å². The number of aryl methyl sites for hydroxylation is 1. The molecule has 0 spiro atoms. The van der Waals surface area contributed by atoms with Crippen molar-refractivity contribution in [1.29, 1.82) is 0 Å². The smallest absolute Gasteiger partial charge is 0.251 e. The molecule has 7 heteroatoms. The number of hydrogen-bond acceptors (Lipinski definition) is 3. The van der Waals surface area contributed by atoms with Crippen LogP contribution in [0.1, 0.15) is 27.0 Å². The highest BCUT2D eigenvalue weighted by Gasteiger charge is 2.10. The zero-order valence-electron chi connectivity index (χ0n) is 14.5. The largest absolute Gasteiger partial charge is 0.399 e. The van der Waals surface area contributed by atoms with Crippen molar-refractivity contribution in [2.75, 3.05) is 19.8 Å². The maximum absolute atomic E-state index is 13.8. The molecule has 2 aromatic carbocycles. The number of carbonyl (C=O) groups excluding carboxylic acids is 1. The first-order valence-corrected chi connectivity index (χ1v) is 7.43. The molecular weight excluding hydrogens is 364 g/mol. The summed E-state index contributed by atoms with van der Waals surface area (Å²) in [6.45, 7) is 2.72. The van der Waals surface area contributed by atoms with Gasteiger partial charge in [-0.25, -0.2) is 4.39 Å². The van der Waals surface area contributed by atoms with E-state index in [-0.39, 0.29) is 36.5 Å². The van der Waals surface area contributed by atoms with Crippen LogP contribution in [0, 0.1) is 12.7 Å². The molecule has 0 saturated heterocycles. The third-order valence-electron chi connectivity index (χ3n) is 3.56. The van der Waals surface area contributed by atoms with Gasteiger partial charge >= 0.3 is 0 Å². The van der Waals surface area contributed by atoms with Gasteiger partial charge < -0.3 is 16.0 Å². The average molecular weight is 388 g/mol. The highest BCUT2D eigenvalue weighted by molar-refractivity contribution is 5.96. The number of anilines is 1. The fraction of sp³-hybridized carbons (Fsp3) is 0.278. The lowest BCUT2D eigenvalue weighted by Crippen LogP contribution is -2.24. The van der Waals surface area contributed by atoms with Crippen molar-refractivity contribution in [3.63, 3.8) is 0 Å². The van der Waals surface area contributed by atoms with Gasteiger partial charge in [0.05, 0.1) is 0 Å². The van der Waals surface area contributed by atoms with Crippen LogP contribution in [0.5, 0.6) is 0 Å². The molecule has 0 atom stereocenters. The second kappa shape index (κ2) is 10.2. The van der Waals surface area contributed by atoms with Gasteiger partial charge in [-0.05, 0) is 56.4 Å². The minimum atomic E-state index is -0.236. The number of rotatable bonds is 5. The number of hydrogen-bond donors (Lipinski definition) is 2. The number of nitrogen functional groups attached to an aromatic ring is 1. The van der Waals surface area contributed by atoms with Crippen LogP contribution in [0.4, 0.5) is 10.1 Å². The van der Waals surface area contributed by atoms with Crippen molar-refractivity contribution in [1.82, 2.24) is 10.2 Å². The second-order valence-corrected chi connectivity index (χ2v) is 5.92. The van der Waals surface area contributed by atoms with Crippen LogP contribution < -0.4 is 11.1 Å². The van der Waals surface area contributed by atoms with Crippen LogP contribution in [0.15, 0.2) is 36.4 Å². The van der Waals surface area contributed by atoms with E-state index in [1.54, 1.807) is 24.3 Å². The number of nitrogens with zero attached hydrogens (tertiary/aromatic N) is 1. The monoisotopic (exact) mass is 387 g/mol. The standard InChI is InChI=1S/C18H22FN3O.2ClH/c1-12-4-6-15(20)9-16(12)18(23)21-10-13-5-7-17(19)14(8-13)11-22(2)3;;/h4-9H,10-11,20H2,1-3H3,(H,21,23);2*1H. The first-order valence-electron chi connectivity index (χ1n) is 7.43. The molecule has 2 aromatic rings. The number of carbonyl (C=O) groups is 1. The fourth-order valence-electron chi connectivity index (χ4n) is 2.36. The van der Waals surface area contributed by atoms with Gasteiger partial charge in [-0.15, -0.1) is 24.8 Å². The summed E-state index contributed by atoms with van der Waals surface area (Å²) < 4.78 is 13.8. The van der Waals surface area contributed by atoms with Crippen LogP contribution in [-0.4, -0.2) is 24.9 Å². The van der Waals surface area contributed by atoms with Crippen molar-refractivity contribution < 1.29 is 9.18 Å². The van der Waals surface area contributed by atoms with Crippen molar-refractivity contribution in [3.8, 4) is 0 Å². The van der Waals surface area contributed by atoms with E-state index in [1.807, 2.05) is 32.0 Å². The third kappa shape index (κ3) is 6.53. The molecule has 138 valence electrons. The molecule has 0 heterocycles. The second-order valence-electron chi connectivity index (χ2n) is 5.92. The minimum Gasteiger partial charge on any atom is -0.399 e. The summed E-state index contributed by atoms with van der Waals surface area (Å²) in [6.07, 6.45) is 0. The molecule has 0 unspecified atom stereocenters. The lowest BCUT2D eigenvalue weighted by molar-refractivity contribution is 0.0950. The van der Waals surface area contributed by atoms with Crippen molar-refractivity contribution in [3.05, 3.63) is 64.5 Å². The predicted molar refractivity (Wildman–Crippen MR) is 105 cm³/mol. The molecule has 0 saturated carbocycles.